The molecule has 0 saturated heterocycles. The van der Waals surface area contributed by atoms with Gasteiger partial charge < -0.3 is 19.5 Å². The molecule has 0 spiro atoms. The normalized spacial score (nSPS) is 10.2. The average Bonchev–Trinajstić information content (AvgIpc) is 2.56. The van der Waals surface area contributed by atoms with Crippen LogP contribution in [0.15, 0.2) is 24.3 Å². The van der Waals surface area contributed by atoms with Crippen molar-refractivity contribution < 1.29 is 28.6 Å². The molecule has 0 radical (unpaired) electrons. The number of hydrogen-bond acceptors (Lipinski definition) is 6. The van der Waals surface area contributed by atoms with Gasteiger partial charge in [0.1, 0.15) is 0 Å². The van der Waals surface area contributed by atoms with Crippen LogP contribution in [0.4, 0.5) is 0 Å². The van der Waals surface area contributed by atoms with E-state index in [2.05, 4.69) is 10.1 Å². The first-order valence-corrected chi connectivity index (χ1v) is 6.26. The van der Waals surface area contributed by atoms with Crippen LogP contribution in [-0.4, -0.2) is 46.0 Å². The molecule has 22 heavy (non-hydrogen) atoms. The molecule has 0 aliphatic carbocycles. The Kier molecular flexibility index (Phi) is 6.12. The van der Waals surface area contributed by atoms with E-state index in [-0.39, 0.29) is 22.6 Å². The fraction of sp³-hybridized carbons (Fsp3) is 0.267. The third-order valence-electron chi connectivity index (χ3n) is 2.81. The van der Waals surface area contributed by atoms with Crippen LogP contribution in [0.1, 0.15) is 20.7 Å². The maximum atomic E-state index is 12.1. The van der Waals surface area contributed by atoms with E-state index in [0.717, 1.165) is 12.2 Å². The van der Waals surface area contributed by atoms with E-state index in [1.165, 1.54) is 40.5 Å². The van der Waals surface area contributed by atoms with Crippen LogP contribution in [0.3, 0.4) is 0 Å². The standard InChI is InChI=1S/C15H17NO6/c1-16-15(19)10-7-9(8-12(20-2)14(10)22-4)11(17)5-6-13(18)21-3/h5-8H,1-4H3,(H,16,19)/b6-5+. The second-order valence-electron chi connectivity index (χ2n) is 4.06. The Bertz CT molecular complexity index is 621. The molecule has 0 unspecified atom stereocenters. The van der Waals surface area contributed by atoms with Gasteiger partial charge in [0.2, 0.25) is 0 Å². The minimum absolute atomic E-state index is 0.152. The van der Waals surface area contributed by atoms with Gasteiger partial charge in [-0.3, -0.25) is 9.59 Å². The molecule has 7 heteroatoms. The molecule has 0 bridgehead atoms. The number of allylic oxidation sites excluding steroid dienone is 1. The van der Waals surface area contributed by atoms with Crippen molar-refractivity contribution in [2.45, 2.75) is 0 Å². The van der Waals surface area contributed by atoms with Crippen molar-refractivity contribution in [1.29, 1.82) is 0 Å². The summed E-state index contributed by atoms with van der Waals surface area (Å²) in [6.07, 6.45) is 2.05. The molecular formula is C15H17NO6. The third-order valence-corrected chi connectivity index (χ3v) is 2.81. The van der Waals surface area contributed by atoms with Gasteiger partial charge in [-0.1, -0.05) is 0 Å². The smallest absolute Gasteiger partial charge is 0.330 e. The lowest BCUT2D eigenvalue weighted by Gasteiger charge is -2.13. The third kappa shape index (κ3) is 3.85. The molecule has 7 nitrogen and oxygen atoms in total. The zero-order valence-electron chi connectivity index (χ0n) is 12.8. The zero-order chi connectivity index (χ0) is 16.7. The fourth-order valence-corrected chi connectivity index (χ4v) is 1.72. The maximum absolute atomic E-state index is 12.1. The Morgan fingerprint density at radius 1 is 1.05 bits per heavy atom. The van der Waals surface area contributed by atoms with Crippen LogP contribution in [0, 0.1) is 0 Å². The first kappa shape index (κ1) is 17.2. The van der Waals surface area contributed by atoms with Crippen LogP contribution in [0.2, 0.25) is 0 Å². The zero-order valence-corrected chi connectivity index (χ0v) is 12.8. The summed E-state index contributed by atoms with van der Waals surface area (Å²) in [5.41, 5.74) is 0.329. The number of methoxy groups -OCH3 is 3. The number of carbonyl (C=O) groups excluding carboxylic acids is 3. The van der Waals surface area contributed by atoms with Gasteiger partial charge in [0, 0.05) is 18.7 Å². The second-order valence-corrected chi connectivity index (χ2v) is 4.06. The molecular weight excluding hydrogens is 290 g/mol. The number of rotatable bonds is 6. The predicted molar refractivity (Wildman–Crippen MR) is 78.4 cm³/mol. The number of ketones is 1. The minimum Gasteiger partial charge on any atom is -0.493 e. The largest absolute Gasteiger partial charge is 0.493 e. The summed E-state index contributed by atoms with van der Waals surface area (Å²) >= 11 is 0. The van der Waals surface area contributed by atoms with Crippen molar-refractivity contribution in [3.05, 3.63) is 35.4 Å². The number of carbonyl (C=O) groups is 3. The van der Waals surface area contributed by atoms with Crippen molar-refractivity contribution >= 4 is 17.7 Å². The van der Waals surface area contributed by atoms with Crippen LogP contribution in [-0.2, 0) is 9.53 Å². The van der Waals surface area contributed by atoms with E-state index in [4.69, 9.17) is 9.47 Å². The quantitative estimate of drug-likeness (QED) is 0.478. The van der Waals surface area contributed by atoms with Crippen molar-refractivity contribution in [2.24, 2.45) is 0 Å². The Morgan fingerprint density at radius 2 is 1.73 bits per heavy atom. The maximum Gasteiger partial charge on any atom is 0.330 e. The van der Waals surface area contributed by atoms with Gasteiger partial charge in [-0.05, 0) is 18.2 Å². The number of nitrogens with one attached hydrogen (secondary N) is 1. The molecule has 0 heterocycles. The highest BCUT2D eigenvalue weighted by Crippen LogP contribution is 2.32. The van der Waals surface area contributed by atoms with Crippen molar-refractivity contribution in [3.63, 3.8) is 0 Å². The summed E-state index contributed by atoms with van der Waals surface area (Å²) in [7, 11) is 5.45. The Morgan fingerprint density at radius 3 is 2.23 bits per heavy atom. The average molecular weight is 307 g/mol. The highest BCUT2D eigenvalue weighted by atomic mass is 16.5. The summed E-state index contributed by atoms with van der Waals surface area (Å²) in [6.45, 7) is 0. The Labute approximate surface area is 127 Å². The molecule has 0 fully saturated rings. The van der Waals surface area contributed by atoms with E-state index in [9.17, 15) is 14.4 Å². The van der Waals surface area contributed by atoms with Gasteiger partial charge in [0.05, 0.1) is 26.9 Å². The van der Waals surface area contributed by atoms with Gasteiger partial charge in [-0.25, -0.2) is 4.79 Å². The minimum atomic E-state index is -0.652. The predicted octanol–water partition coefficient (Wildman–Crippen LogP) is 0.975. The molecule has 1 amide bonds. The van der Waals surface area contributed by atoms with Crippen molar-refractivity contribution in [1.82, 2.24) is 5.32 Å². The SMILES string of the molecule is CNC(=O)c1cc(C(=O)/C=C/C(=O)OC)cc(OC)c1OC. The molecule has 0 aliphatic rings. The Balaban J connectivity index is 3.32. The topological polar surface area (TPSA) is 90.9 Å². The van der Waals surface area contributed by atoms with Gasteiger partial charge in [0.25, 0.3) is 5.91 Å². The lowest BCUT2D eigenvalue weighted by Crippen LogP contribution is -2.19. The van der Waals surface area contributed by atoms with Crippen LogP contribution >= 0.6 is 0 Å². The first-order valence-electron chi connectivity index (χ1n) is 6.26. The van der Waals surface area contributed by atoms with E-state index >= 15 is 0 Å². The number of ether oxygens (including phenoxy) is 3. The Hall–Kier alpha value is -2.83. The fourth-order valence-electron chi connectivity index (χ4n) is 1.72. The number of benzene rings is 1. The lowest BCUT2D eigenvalue weighted by molar-refractivity contribution is -0.134. The van der Waals surface area contributed by atoms with E-state index in [0.29, 0.717) is 0 Å². The first-order chi connectivity index (χ1) is 10.5. The number of hydrogen-bond donors (Lipinski definition) is 1. The summed E-state index contributed by atoms with van der Waals surface area (Å²) < 4.78 is 14.7. The van der Waals surface area contributed by atoms with Gasteiger partial charge in [-0.15, -0.1) is 0 Å². The van der Waals surface area contributed by atoms with E-state index in [1.807, 2.05) is 0 Å². The van der Waals surface area contributed by atoms with Crippen LogP contribution < -0.4 is 14.8 Å². The molecule has 0 aliphatic heterocycles. The van der Waals surface area contributed by atoms with Gasteiger partial charge in [0.15, 0.2) is 17.3 Å². The summed E-state index contributed by atoms with van der Waals surface area (Å²) in [5, 5.41) is 2.45. The molecule has 0 aromatic heterocycles. The second kappa shape index (κ2) is 7.82. The summed E-state index contributed by atoms with van der Waals surface area (Å²) in [4.78, 5) is 35.0. The van der Waals surface area contributed by atoms with E-state index < -0.39 is 17.7 Å². The van der Waals surface area contributed by atoms with Crippen molar-refractivity contribution in [3.8, 4) is 11.5 Å². The van der Waals surface area contributed by atoms with E-state index in [1.54, 1.807) is 0 Å². The molecule has 1 aromatic carbocycles. The molecule has 1 rings (SSSR count). The molecule has 0 saturated carbocycles. The monoisotopic (exact) mass is 307 g/mol. The molecule has 118 valence electrons. The number of amides is 1. The van der Waals surface area contributed by atoms with Gasteiger partial charge in [-0.2, -0.15) is 0 Å². The van der Waals surface area contributed by atoms with Crippen LogP contribution in [0.25, 0.3) is 0 Å². The summed E-state index contributed by atoms with van der Waals surface area (Å²) in [6, 6.07) is 2.79. The highest BCUT2D eigenvalue weighted by molar-refractivity contribution is 6.09. The molecule has 1 aromatic rings. The number of esters is 1. The van der Waals surface area contributed by atoms with Crippen LogP contribution in [0.5, 0.6) is 11.5 Å². The molecule has 0 atom stereocenters. The molecule has 1 N–H and O–H groups in total. The van der Waals surface area contributed by atoms with Crippen molar-refractivity contribution in [2.75, 3.05) is 28.4 Å². The highest BCUT2D eigenvalue weighted by Gasteiger charge is 2.19. The van der Waals surface area contributed by atoms with Gasteiger partial charge >= 0.3 is 5.97 Å². The lowest BCUT2D eigenvalue weighted by atomic mass is 10.0. The summed E-state index contributed by atoms with van der Waals surface area (Å²) in [5.74, 6) is -1.10.